The van der Waals surface area contributed by atoms with Gasteiger partial charge in [0.2, 0.25) is 11.8 Å². The van der Waals surface area contributed by atoms with Crippen LogP contribution in [0.15, 0.2) is 0 Å². The Morgan fingerprint density at radius 2 is 1.79 bits per heavy atom. The van der Waals surface area contributed by atoms with Gasteiger partial charge < -0.3 is 16.8 Å². The fraction of sp³-hybridized carbons (Fsp3) is 0.625. The number of nitrogens with two attached hydrogens (primary N) is 2. The van der Waals surface area contributed by atoms with Crippen LogP contribution in [-0.4, -0.2) is 22.3 Å². The molecule has 0 saturated carbocycles. The summed E-state index contributed by atoms with van der Waals surface area (Å²) in [6, 6.07) is 0. The number of nitrogens with one attached hydrogen (secondary N) is 1. The van der Waals surface area contributed by atoms with E-state index in [-0.39, 0.29) is 4.99 Å². The van der Waals surface area contributed by atoms with E-state index in [1.165, 1.54) is 13.8 Å². The maximum atomic E-state index is 11.4. The van der Waals surface area contributed by atoms with Crippen molar-refractivity contribution in [1.29, 1.82) is 0 Å². The van der Waals surface area contributed by atoms with E-state index < -0.39 is 23.3 Å². The van der Waals surface area contributed by atoms with Gasteiger partial charge in [0.1, 0.15) is 5.54 Å². The van der Waals surface area contributed by atoms with Gasteiger partial charge >= 0.3 is 0 Å². The van der Waals surface area contributed by atoms with Crippen molar-refractivity contribution in [2.24, 2.45) is 17.4 Å². The maximum absolute atomic E-state index is 11.4. The molecule has 6 heteroatoms. The third-order valence-electron chi connectivity index (χ3n) is 1.87. The molecule has 0 aromatic heterocycles. The summed E-state index contributed by atoms with van der Waals surface area (Å²) >= 11 is 4.65. The molecule has 0 aliphatic heterocycles. The molecule has 0 bridgehead atoms. The molecule has 0 aromatic carbocycles. The van der Waals surface area contributed by atoms with Crippen LogP contribution in [0.25, 0.3) is 0 Å². The first-order chi connectivity index (χ1) is 6.18. The summed E-state index contributed by atoms with van der Waals surface area (Å²) in [4.78, 5) is 22.4. The molecule has 1 unspecified atom stereocenters. The van der Waals surface area contributed by atoms with Crippen LogP contribution in [0.1, 0.15) is 20.8 Å². The molecular formula is C8H15N3O2S. The Morgan fingerprint density at radius 3 is 2.07 bits per heavy atom. The number of carbonyl (C=O) groups excluding carboxylic acids is 2. The highest BCUT2D eigenvalue weighted by Crippen LogP contribution is 2.04. The topological polar surface area (TPSA) is 98.2 Å². The first-order valence-corrected chi connectivity index (χ1v) is 4.50. The van der Waals surface area contributed by atoms with Gasteiger partial charge in [-0.05, 0) is 20.8 Å². The first kappa shape index (κ1) is 12.8. The van der Waals surface area contributed by atoms with E-state index in [1.54, 1.807) is 6.92 Å². The zero-order valence-electron chi connectivity index (χ0n) is 8.46. The van der Waals surface area contributed by atoms with Crippen molar-refractivity contribution in [1.82, 2.24) is 5.32 Å². The molecule has 0 rings (SSSR count). The quantitative estimate of drug-likeness (QED) is 0.542. The van der Waals surface area contributed by atoms with Crippen molar-refractivity contribution in [3.8, 4) is 0 Å². The smallest absolute Gasteiger partial charge is 0.242 e. The predicted molar refractivity (Wildman–Crippen MR) is 57.4 cm³/mol. The van der Waals surface area contributed by atoms with Crippen molar-refractivity contribution in [2.45, 2.75) is 26.3 Å². The molecule has 0 spiro atoms. The second-order valence-electron chi connectivity index (χ2n) is 3.60. The van der Waals surface area contributed by atoms with Crippen LogP contribution in [0.2, 0.25) is 0 Å². The molecule has 5 nitrogen and oxygen atoms in total. The van der Waals surface area contributed by atoms with Crippen LogP contribution < -0.4 is 16.8 Å². The van der Waals surface area contributed by atoms with Gasteiger partial charge in [-0.1, -0.05) is 12.2 Å². The number of hydrogen-bond donors (Lipinski definition) is 3. The Balaban J connectivity index is 4.47. The summed E-state index contributed by atoms with van der Waals surface area (Å²) in [6.45, 7) is 4.59. The second-order valence-corrected chi connectivity index (χ2v) is 4.07. The van der Waals surface area contributed by atoms with Crippen LogP contribution in [-0.2, 0) is 9.59 Å². The molecule has 0 aliphatic carbocycles. The van der Waals surface area contributed by atoms with Crippen molar-refractivity contribution >= 4 is 29.0 Å². The molecule has 0 fully saturated rings. The van der Waals surface area contributed by atoms with E-state index in [9.17, 15) is 9.59 Å². The minimum Gasteiger partial charge on any atom is -0.393 e. The van der Waals surface area contributed by atoms with Crippen LogP contribution in [0.5, 0.6) is 0 Å². The molecule has 0 aliphatic rings. The molecule has 0 heterocycles. The summed E-state index contributed by atoms with van der Waals surface area (Å²) in [5.74, 6) is -1.62. The summed E-state index contributed by atoms with van der Waals surface area (Å²) in [5.41, 5.74) is 9.28. The van der Waals surface area contributed by atoms with Crippen LogP contribution in [0, 0.1) is 5.92 Å². The molecule has 0 saturated heterocycles. The Morgan fingerprint density at radius 1 is 1.36 bits per heavy atom. The number of thiocarbonyl (C=S) groups is 1. The normalized spacial score (nSPS) is 13.1. The second kappa shape index (κ2) is 4.36. The van der Waals surface area contributed by atoms with E-state index in [2.05, 4.69) is 17.5 Å². The van der Waals surface area contributed by atoms with Crippen molar-refractivity contribution in [3.05, 3.63) is 0 Å². The number of amides is 2. The standard InChI is InChI=1S/C8H15N3O2S/c1-4(5(9)14)6(12)11-8(2,3)7(10)13/h4H,1-3H3,(H2,9,14)(H2,10,13)(H,11,12). The summed E-state index contributed by atoms with van der Waals surface area (Å²) < 4.78 is 0. The minimum atomic E-state index is -1.09. The molecule has 5 N–H and O–H groups in total. The van der Waals surface area contributed by atoms with Crippen LogP contribution in [0.3, 0.4) is 0 Å². The zero-order chi connectivity index (χ0) is 11.5. The van der Waals surface area contributed by atoms with Crippen molar-refractivity contribution in [2.75, 3.05) is 0 Å². The summed E-state index contributed by atoms with van der Waals surface area (Å²) in [6.07, 6.45) is 0. The molecule has 0 radical (unpaired) electrons. The fourth-order valence-electron chi connectivity index (χ4n) is 0.607. The Kier molecular flexibility index (Phi) is 4.00. The van der Waals surface area contributed by atoms with Crippen LogP contribution >= 0.6 is 12.2 Å². The van der Waals surface area contributed by atoms with E-state index >= 15 is 0 Å². The molecule has 14 heavy (non-hydrogen) atoms. The lowest BCUT2D eigenvalue weighted by Gasteiger charge is -2.24. The van der Waals surface area contributed by atoms with E-state index in [0.717, 1.165) is 0 Å². The average Bonchev–Trinajstić information content (AvgIpc) is 2.01. The lowest BCUT2D eigenvalue weighted by molar-refractivity contribution is -0.131. The number of hydrogen-bond acceptors (Lipinski definition) is 3. The largest absolute Gasteiger partial charge is 0.393 e. The van der Waals surface area contributed by atoms with Gasteiger partial charge in [-0.25, -0.2) is 0 Å². The third-order valence-corrected chi connectivity index (χ3v) is 2.23. The number of rotatable bonds is 4. The first-order valence-electron chi connectivity index (χ1n) is 4.09. The Labute approximate surface area is 88.2 Å². The van der Waals surface area contributed by atoms with Gasteiger partial charge in [0.25, 0.3) is 0 Å². The predicted octanol–water partition coefficient (Wildman–Crippen LogP) is -0.711. The van der Waals surface area contributed by atoms with Crippen molar-refractivity contribution in [3.63, 3.8) is 0 Å². The highest BCUT2D eigenvalue weighted by atomic mass is 32.1. The number of primary amides is 1. The van der Waals surface area contributed by atoms with Crippen LogP contribution in [0.4, 0.5) is 0 Å². The van der Waals surface area contributed by atoms with Gasteiger partial charge in [0.05, 0.1) is 10.9 Å². The SMILES string of the molecule is CC(C(=O)NC(C)(C)C(N)=O)C(N)=S. The lowest BCUT2D eigenvalue weighted by Crippen LogP contribution is -2.55. The van der Waals surface area contributed by atoms with Crippen molar-refractivity contribution < 1.29 is 9.59 Å². The molecule has 2 amide bonds. The van der Waals surface area contributed by atoms with Gasteiger partial charge in [-0.15, -0.1) is 0 Å². The van der Waals surface area contributed by atoms with Gasteiger partial charge in [-0.3, -0.25) is 9.59 Å². The van der Waals surface area contributed by atoms with Gasteiger partial charge in [-0.2, -0.15) is 0 Å². The average molecular weight is 217 g/mol. The summed E-state index contributed by atoms with van der Waals surface area (Å²) in [5, 5.41) is 2.46. The third kappa shape index (κ3) is 3.29. The van der Waals surface area contributed by atoms with Gasteiger partial charge in [0, 0.05) is 0 Å². The summed E-state index contributed by atoms with van der Waals surface area (Å²) in [7, 11) is 0. The maximum Gasteiger partial charge on any atom is 0.242 e. The van der Waals surface area contributed by atoms with Gasteiger partial charge in [0.15, 0.2) is 0 Å². The molecule has 1 atom stereocenters. The fourth-order valence-corrected chi connectivity index (χ4v) is 0.714. The van der Waals surface area contributed by atoms with E-state index in [4.69, 9.17) is 11.5 Å². The molecule has 0 aromatic rings. The minimum absolute atomic E-state index is 0.0859. The zero-order valence-corrected chi connectivity index (χ0v) is 9.27. The Hall–Kier alpha value is -1.17. The molecular weight excluding hydrogens is 202 g/mol. The highest BCUT2D eigenvalue weighted by Gasteiger charge is 2.29. The number of carbonyl (C=O) groups is 2. The van der Waals surface area contributed by atoms with E-state index in [1.807, 2.05) is 0 Å². The lowest BCUT2D eigenvalue weighted by atomic mass is 10.0. The highest BCUT2D eigenvalue weighted by molar-refractivity contribution is 7.80. The monoisotopic (exact) mass is 217 g/mol. The Bertz CT molecular complexity index is 276. The van der Waals surface area contributed by atoms with E-state index in [0.29, 0.717) is 0 Å². The molecule has 80 valence electrons.